The van der Waals surface area contributed by atoms with Crippen molar-refractivity contribution in [1.29, 1.82) is 0 Å². The third kappa shape index (κ3) is 3.55. The molecule has 0 spiro atoms. The van der Waals surface area contributed by atoms with E-state index < -0.39 is 0 Å². The van der Waals surface area contributed by atoms with Gasteiger partial charge < -0.3 is 10.2 Å². The highest BCUT2D eigenvalue weighted by Gasteiger charge is 2.26. The molecule has 1 aromatic rings. The maximum absolute atomic E-state index is 13.9. The van der Waals surface area contributed by atoms with Gasteiger partial charge in [0.1, 0.15) is 5.82 Å². The van der Waals surface area contributed by atoms with Crippen molar-refractivity contribution in [2.75, 3.05) is 25.0 Å². The monoisotopic (exact) mass is 292 g/mol. The highest BCUT2D eigenvalue weighted by atomic mass is 19.1. The number of hydrogen-bond acceptors (Lipinski definition) is 2. The molecule has 1 aliphatic heterocycles. The van der Waals surface area contributed by atoms with Crippen LogP contribution in [0.3, 0.4) is 0 Å². The first-order valence-electron chi connectivity index (χ1n) is 7.86. The Kier molecular flexibility index (Phi) is 5.21. The second-order valence-electron chi connectivity index (χ2n) is 6.07. The molecular formula is C17H25FN2O. The van der Waals surface area contributed by atoms with Gasteiger partial charge in [-0.1, -0.05) is 19.9 Å². The zero-order valence-corrected chi connectivity index (χ0v) is 13.2. The Morgan fingerprint density at radius 2 is 2.05 bits per heavy atom. The van der Waals surface area contributed by atoms with E-state index in [1.165, 1.54) is 6.07 Å². The number of amides is 1. The van der Waals surface area contributed by atoms with Gasteiger partial charge in [0, 0.05) is 19.6 Å². The summed E-state index contributed by atoms with van der Waals surface area (Å²) in [5.74, 6) is 0.927. The topological polar surface area (TPSA) is 32.3 Å². The number of hydrogen-bond donors (Lipinski definition) is 1. The molecule has 21 heavy (non-hydrogen) atoms. The third-order valence-corrected chi connectivity index (χ3v) is 4.37. The first kappa shape index (κ1) is 15.8. The second-order valence-corrected chi connectivity index (χ2v) is 6.07. The molecular weight excluding hydrogens is 267 g/mol. The summed E-state index contributed by atoms with van der Waals surface area (Å²) < 4.78 is 13.9. The van der Waals surface area contributed by atoms with Gasteiger partial charge >= 0.3 is 0 Å². The molecule has 1 aliphatic rings. The quantitative estimate of drug-likeness (QED) is 0.916. The van der Waals surface area contributed by atoms with Crippen molar-refractivity contribution in [2.45, 2.75) is 33.6 Å². The highest BCUT2D eigenvalue weighted by Crippen LogP contribution is 2.27. The van der Waals surface area contributed by atoms with Gasteiger partial charge in [0.15, 0.2) is 0 Å². The van der Waals surface area contributed by atoms with Gasteiger partial charge in [-0.15, -0.1) is 0 Å². The summed E-state index contributed by atoms with van der Waals surface area (Å²) in [4.78, 5) is 14.5. The van der Waals surface area contributed by atoms with Crippen molar-refractivity contribution in [2.24, 2.45) is 11.8 Å². The molecule has 3 nitrogen and oxygen atoms in total. The van der Waals surface area contributed by atoms with E-state index in [4.69, 9.17) is 0 Å². The van der Waals surface area contributed by atoms with Crippen LogP contribution in [0.1, 0.15) is 44.0 Å². The number of nitrogens with one attached hydrogen (secondary N) is 1. The fourth-order valence-corrected chi connectivity index (χ4v) is 3.00. The lowest BCUT2D eigenvalue weighted by molar-refractivity contribution is 0.0668. The van der Waals surface area contributed by atoms with Crippen LogP contribution in [-0.2, 0) is 0 Å². The maximum atomic E-state index is 13.9. The van der Waals surface area contributed by atoms with Crippen LogP contribution in [0.5, 0.6) is 0 Å². The molecule has 0 bridgehead atoms. The Morgan fingerprint density at radius 1 is 1.38 bits per heavy atom. The molecule has 0 aromatic heterocycles. The molecule has 0 unspecified atom stereocenters. The summed E-state index contributed by atoms with van der Waals surface area (Å²) in [5, 5.41) is 2.97. The number of nitrogens with zero attached hydrogens (tertiary/aromatic N) is 1. The predicted molar refractivity (Wildman–Crippen MR) is 84.0 cm³/mol. The fraction of sp³-hybridized carbons (Fsp3) is 0.588. The molecule has 0 radical (unpaired) electrons. The number of likely N-dealkylation sites (tertiary alicyclic amines) is 1. The Labute approximate surface area is 126 Å². The summed E-state index contributed by atoms with van der Waals surface area (Å²) in [6.07, 6.45) is 2.07. The molecule has 1 aromatic carbocycles. The molecule has 1 N–H and O–H groups in total. The van der Waals surface area contributed by atoms with Crippen LogP contribution in [0.25, 0.3) is 0 Å². The number of halogens is 1. The van der Waals surface area contributed by atoms with E-state index in [-0.39, 0.29) is 11.7 Å². The van der Waals surface area contributed by atoms with E-state index in [2.05, 4.69) is 19.2 Å². The Bertz CT molecular complexity index is 494. The van der Waals surface area contributed by atoms with Crippen LogP contribution in [-0.4, -0.2) is 30.4 Å². The summed E-state index contributed by atoms with van der Waals surface area (Å²) in [5.41, 5.74) is 0.774. The minimum absolute atomic E-state index is 0.0624. The van der Waals surface area contributed by atoms with Gasteiger partial charge in [-0.05, 0) is 43.7 Å². The van der Waals surface area contributed by atoms with Gasteiger partial charge in [-0.3, -0.25) is 4.79 Å². The van der Waals surface area contributed by atoms with Crippen LogP contribution in [0.2, 0.25) is 0 Å². The Hall–Kier alpha value is -1.58. The van der Waals surface area contributed by atoms with Crippen molar-refractivity contribution < 1.29 is 9.18 Å². The number of piperidine rings is 1. The predicted octanol–water partition coefficient (Wildman–Crippen LogP) is 3.77. The maximum Gasteiger partial charge on any atom is 0.256 e. The average Bonchev–Trinajstić information content (AvgIpc) is 2.49. The molecule has 116 valence electrons. The molecule has 0 aliphatic carbocycles. The van der Waals surface area contributed by atoms with E-state index in [0.717, 1.165) is 25.9 Å². The lowest BCUT2D eigenvalue weighted by Gasteiger charge is -2.34. The van der Waals surface area contributed by atoms with Crippen molar-refractivity contribution in [3.63, 3.8) is 0 Å². The summed E-state index contributed by atoms with van der Waals surface area (Å²) >= 11 is 0. The number of para-hydroxylation sites is 1. The number of rotatable bonds is 4. The van der Waals surface area contributed by atoms with Gasteiger partial charge in [0.2, 0.25) is 0 Å². The summed E-state index contributed by atoms with van der Waals surface area (Å²) in [6, 6.07) is 4.70. The minimum Gasteiger partial charge on any atom is -0.382 e. The van der Waals surface area contributed by atoms with Crippen LogP contribution in [0.15, 0.2) is 18.2 Å². The summed E-state index contributed by atoms with van der Waals surface area (Å²) in [7, 11) is 0. The number of benzene rings is 1. The SMILES string of the molecule is CCNc1c(F)cccc1C(=O)N1CCC(C(C)C)CC1. The van der Waals surface area contributed by atoms with Crippen LogP contribution in [0, 0.1) is 17.7 Å². The van der Waals surface area contributed by atoms with Crippen molar-refractivity contribution in [1.82, 2.24) is 4.90 Å². The van der Waals surface area contributed by atoms with E-state index in [1.807, 2.05) is 11.8 Å². The number of anilines is 1. The molecule has 0 atom stereocenters. The first-order chi connectivity index (χ1) is 10.0. The molecule has 0 saturated carbocycles. The van der Waals surface area contributed by atoms with Crippen molar-refractivity contribution >= 4 is 11.6 Å². The van der Waals surface area contributed by atoms with Crippen LogP contribution in [0.4, 0.5) is 10.1 Å². The average molecular weight is 292 g/mol. The van der Waals surface area contributed by atoms with Crippen molar-refractivity contribution in [3.05, 3.63) is 29.6 Å². The number of carbonyl (C=O) groups excluding carboxylic acids is 1. The molecule has 1 fully saturated rings. The Balaban J connectivity index is 2.12. The van der Waals surface area contributed by atoms with Gasteiger partial charge in [-0.2, -0.15) is 0 Å². The van der Waals surface area contributed by atoms with Gasteiger partial charge in [0.25, 0.3) is 5.91 Å². The molecule has 1 amide bonds. The first-order valence-corrected chi connectivity index (χ1v) is 7.86. The molecule has 1 saturated heterocycles. The second kappa shape index (κ2) is 6.92. The molecule has 1 heterocycles. The summed E-state index contributed by atoms with van der Waals surface area (Å²) in [6.45, 7) is 8.50. The van der Waals surface area contributed by atoms with Crippen LogP contribution >= 0.6 is 0 Å². The van der Waals surface area contributed by atoms with E-state index in [0.29, 0.717) is 29.6 Å². The zero-order valence-electron chi connectivity index (χ0n) is 13.2. The van der Waals surface area contributed by atoms with E-state index in [9.17, 15) is 9.18 Å². The standard InChI is InChI=1S/C17H25FN2O/c1-4-19-16-14(6-5-7-15(16)18)17(21)20-10-8-13(9-11-20)12(2)3/h5-7,12-13,19H,4,8-11H2,1-3H3. The van der Waals surface area contributed by atoms with Crippen molar-refractivity contribution in [3.8, 4) is 0 Å². The zero-order chi connectivity index (χ0) is 15.4. The molecule has 4 heteroatoms. The third-order valence-electron chi connectivity index (χ3n) is 4.37. The number of carbonyl (C=O) groups is 1. The fourth-order valence-electron chi connectivity index (χ4n) is 3.00. The molecule has 2 rings (SSSR count). The normalized spacial score (nSPS) is 16.3. The van der Waals surface area contributed by atoms with E-state index in [1.54, 1.807) is 12.1 Å². The smallest absolute Gasteiger partial charge is 0.256 e. The van der Waals surface area contributed by atoms with Gasteiger partial charge in [-0.25, -0.2) is 4.39 Å². The largest absolute Gasteiger partial charge is 0.382 e. The minimum atomic E-state index is -0.361. The van der Waals surface area contributed by atoms with Gasteiger partial charge in [0.05, 0.1) is 11.3 Å². The lowest BCUT2D eigenvalue weighted by Crippen LogP contribution is -2.39. The lowest BCUT2D eigenvalue weighted by atomic mass is 9.86. The van der Waals surface area contributed by atoms with E-state index >= 15 is 0 Å². The Morgan fingerprint density at radius 3 is 2.62 bits per heavy atom. The van der Waals surface area contributed by atoms with Crippen LogP contribution < -0.4 is 5.32 Å². The highest BCUT2D eigenvalue weighted by molar-refractivity contribution is 5.99.